The van der Waals surface area contributed by atoms with Gasteiger partial charge in [0.15, 0.2) is 0 Å². The van der Waals surface area contributed by atoms with Gasteiger partial charge in [0.25, 0.3) is 5.91 Å². The first-order valence-corrected chi connectivity index (χ1v) is 7.27. The highest BCUT2D eigenvalue weighted by molar-refractivity contribution is 5.93. The normalized spacial score (nSPS) is 16.1. The van der Waals surface area contributed by atoms with E-state index in [9.17, 15) is 4.79 Å². The molecule has 1 fully saturated rings. The molecular formula is C15H23N3O. The molecule has 2 N–H and O–H groups in total. The molecule has 0 radical (unpaired) electrons. The number of nitrogens with zero attached hydrogens (tertiary/aromatic N) is 1. The van der Waals surface area contributed by atoms with Crippen molar-refractivity contribution in [3.8, 4) is 0 Å². The first kappa shape index (κ1) is 13.8. The number of anilines is 1. The molecule has 2 rings (SSSR count). The monoisotopic (exact) mass is 261 g/mol. The van der Waals surface area contributed by atoms with Gasteiger partial charge in [-0.25, -0.2) is 0 Å². The Morgan fingerprint density at radius 2 is 2.16 bits per heavy atom. The summed E-state index contributed by atoms with van der Waals surface area (Å²) in [5.74, 6) is 0.583. The Morgan fingerprint density at radius 3 is 2.89 bits per heavy atom. The standard InChI is InChI=1S/C15H23N3O/c1-2-16-13-8-9-17-14(10-13)15(19)18-11-12-6-4-3-5-7-12/h8-10,12H,2-7,11H2,1H3,(H,16,17)(H,18,19). The van der Waals surface area contributed by atoms with E-state index in [-0.39, 0.29) is 5.91 Å². The maximum atomic E-state index is 12.0. The van der Waals surface area contributed by atoms with Crippen molar-refractivity contribution in [2.24, 2.45) is 5.92 Å². The smallest absolute Gasteiger partial charge is 0.269 e. The van der Waals surface area contributed by atoms with Crippen molar-refractivity contribution in [2.45, 2.75) is 39.0 Å². The second kappa shape index (κ2) is 7.12. The van der Waals surface area contributed by atoms with Gasteiger partial charge in [-0.15, -0.1) is 0 Å². The molecule has 0 aliphatic heterocycles. The van der Waals surface area contributed by atoms with E-state index in [0.29, 0.717) is 11.6 Å². The van der Waals surface area contributed by atoms with E-state index in [1.54, 1.807) is 12.3 Å². The lowest BCUT2D eigenvalue weighted by molar-refractivity contribution is 0.0938. The predicted molar refractivity (Wildman–Crippen MR) is 77.3 cm³/mol. The van der Waals surface area contributed by atoms with Gasteiger partial charge in [-0.2, -0.15) is 0 Å². The van der Waals surface area contributed by atoms with Crippen molar-refractivity contribution < 1.29 is 4.79 Å². The molecule has 0 saturated heterocycles. The van der Waals surface area contributed by atoms with Crippen LogP contribution in [0.4, 0.5) is 5.69 Å². The van der Waals surface area contributed by atoms with Gasteiger partial charge in [0.1, 0.15) is 5.69 Å². The fourth-order valence-electron chi connectivity index (χ4n) is 2.59. The molecule has 0 aromatic carbocycles. The highest BCUT2D eigenvalue weighted by atomic mass is 16.1. The zero-order valence-electron chi connectivity index (χ0n) is 11.6. The van der Waals surface area contributed by atoms with Crippen molar-refractivity contribution in [3.63, 3.8) is 0 Å². The summed E-state index contributed by atoms with van der Waals surface area (Å²) in [6.07, 6.45) is 8.10. The lowest BCUT2D eigenvalue weighted by Crippen LogP contribution is -2.30. The van der Waals surface area contributed by atoms with E-state index in [0.717, 1.165) is 18.8 Å². The van der Waals surface area contributed by atoms with Crippen LogP contribution in [0.3, 0.4) is 0 Å². The summed E-state index contributed by atoms with van der Waals surface area (Å²) in [6, 6.07) is 3.68. The van der Waals surface area contributed by atoms with Crippen molar-refractivity contribution in [3.05, 3.63) is 24.0 Å². The Labute approximate surface area is 115 Å². The predicted octanol–water partition coefficient (Wildman–Crippen LogP) is 2.82. The zero-order chi connectivity index (χ0) is 13.5. The van der Waals surface area contributed by atoms with Crippen LogP contribution in [-0.2, 0) is 0 Å². The molecule has 1 aliphatic carbocycles. The minimum Gasteiger partial charge on any atom is -0.385 e. The van der Waals surface area contributed by atoms with Gasteiger partial charge >= 0.3 is 0 Å². The van der Waals surface area contributed by atoms with Gasteiger partial charge in [-0.1, -0.05) is 19.3 Å². The summed E-state index contributed by atoms with van der Waals surface area (Å²) in [5, 5.41) is 6.20. The highest BCUT2D eigenvalue weighted by Gasteiger charge is 2.15. The van der Waals surface area contributed by atoms with Gasteiger partial charge in [0.2, 0.25) is 0 Å². The summed E-state index contributed by atoms with van der Waals surface area (Å²) in [5.41, 5.74) is 1.44. The van der Waals surface area contributed by atoms with Crippen LogP contribution < -0.4 is 10.6 Å². The van der Waals surface area contributed by atoms with Crippen LogP contribution in [0.15, 0.2) is 18.3 Å². The van der Waals surface area contributed by atoms with Crippen molar-refractivity contribution >= 4 is 11.6 Å². The molecule has 0 spiro atoms. The minimum absolute atomic E-state index is 0.0645. The number of hydrogen-bond acceptors (Lipinski definition) is 3. The van der Waals surface area contributed by atoms with Gasteiger partial charge in [-0.3, -0.25) is 9.78 Å². The van der Waals surface area contributed by atoms with E-state index in [1.165, 1.54) is 32.1 Å². The summed E-state index contributed by atoms with van der Waals surface area (Å²) >= 11 is 0. The summed E-state index contributed by atoms with van der Waals surface area (Å²) in [4.78, 5) is 16.2. The van der Waals surface area contributed by atoms with Crippen LogP contribution in [0.5, 0.6) is 0 Å². The van der Waals surface area contributed by atoms with E-state index in [1.807, 2.05) is 13.0 Å². The maximum Gasteiger partial charge on any atom is 0.269 e. The van der Waals surface area contributed by atoms with Crippen LogP contribution in [0.1, 0.15) is 49.5 Å². The summed E-state index contributed by atoms with van der Waals surface area (Å²) in [7, 11) is 0. The molecule has 1 amide bonds. The van der Waals surface area contributed by atoms with Gasteiger partial charge in [-0.05, 0) is 37.8 Å². The molecule has 0 atom stereocenters. The number of pyridine rings is 1. The highest BCUT2D eigenvalue weighted by Crippen LogP contribution is 2.22. The third-order valence-electron chi connectivity index (χ3n) is 3.65. The Kier molecular flexibility index (Phi) is 5.19. The number of rotatable bonds is 5. The molecule has 1 aromatic rings. The van der Waals surface area contributed by atoms with Crippen molar-refractivity contribution in [1.29, 1.82) is 0 Å². The van der Waals surface area contributed by atoms with Gasteiger partial charge in [0, 0.05) is 25.0 Å². The van der Waals surface area contributed by atoms with Crippen LogP contribution >= 0.6 is 0 Å². The minimum atomic E-state index is -0.0645. The van der Waals surface area contributed by atoms with Crippen molar-refractivity contribution in [2.75, 3.05) is 18.4 Å². The molecule has 1 heterocycles. The van der Waals surface area contributed by atoms with E-state index >= 15 is 0 Å². The Balaban J connectivity index is 1.86. The largest absolute Gasteiger partial charge is 0.385 e. The number of hydrogen-bond donors (Lipinski definition) is 2. The second-order valence-electron chi connectivity index (χ2n) is 5.17. The lowest BCUT2D eigenvalue weighted by atomic mass is 9.89. The molecule has 0 unspecified atom stereocenters. The van der Waals surface area contributed by atoms with E-state index in [4.69, 9.17) is 0 Å². The van der Waals surface area contributed by atoms with Gasteiger partial charge < -0.3 is 10.6 Å². The number of carbonyl (C=O) groups excluding carboxylic acids is 1. The number of amides is 1. The number of aromatic nitrogens is 1. The van der Waals surface area contributed by atoms with Crippen LogP contribution in [0.2, 0.25) is 0 Å². The van der Waals surface area contributed by atoms with Crippen molar-refractivity contribution in [1.82, 2.24) is 10.3 Å². The van der Waals surface area contributed by atoms with Gasteiger partial charge in [0.05, 0.1) is 0 Å². The topological polar surface area (TPSA) is 54.0 Å². The fourth-order valence-corrected chi connectivity index (χ4v) is 2.59. The molecule has 0 bridgehead atoms. The Morgan fingerprint density at radius 1 is 1.37 bits per heavy atom. The fraction of sp³-hybridized carbons (Fsp3) is 0.600. The van der Waals surface area contributed by atoms with Crippen LogP contribution in [0, 0.1) is 5.92 Å². The molecule has 4 nitrogen and oxygen atoms in total. The average Bonchev–Trinajstić information content (AvgIpc) is 2.46. The molecule has 4 heteroatoms. The number of nitrogens with one attached hydrogen (secondary N) is 2. The molecule has 19 heavy (non-hydrogen) atoms. The van der Waals surface area contributed by atoms with Crippen LogP contribution in [-0.4, -0.2) is 24.0 Å². The number of carbonyl (C=O) groups is 1. The van der Waals surface area contributed by atoms with Crippen LogP contribution in [0.25, 0.3) is 0 Å². The molecule has 104 valence electrons. The average molecular weight is 261 g/mol. The first-order valence-electron chi connectivity index (χ1n) is 7.27. The summed E-state index contributed by atoms with van der Waals surface area (Å²) in [6.45, 7) is 3.66. The first-order chi connectivity index (χ1) is 9.29. The quantitative estimate of drug-likeness (QED) is 0.857. The molecule has 1 saturated carbocycles. The Hall–Kier alpha value is -1.58. The van der Waals surface area contributed by atoms with E-state index in [2.05, 4.69) is 15.6 Å². The Bertz CT molecular complexity index is 414. The molecule has 1 aliphatic rings. The summed E-state index contributed by atoms with van der Waals surface area (Å²) < 4.78 is 0. The third-order valence-corrected chi connectivity index (χ3v) is 3.65. The second-order valence-corrected chi connectivity index (χ2v) is 5.17. The molecular weight excluding hydrogens is 238 g/mol. The zero-order valence-corrected chi connectivity index (χ0v) is 11.6. The molecule has 1 aromatic heterocycles. The third kappa shape index (κ3) is 4.23. The maximum absolute atomic E-state index is 12.0. The van der Waals surface area contributed by atoms with E-state index < -0.39 is 0 Å². The lowest BCUT2D eigenvalue weighted by Gasteiger charge is -2.21. The SMILES string of the molecule is CCNc1ccnc(C(=O)NCC2CCCCC2)c1.